The summed E-state index contributed by atoms with van der Waals surface area (Å²) in [5.41, 5.74) is 8.97. The third-order valence-electron chi connectivity index (χ3n) is 4.85. The zero-order valence-corrected chi connectivity index (χ0v) is 17.1. The quantitative estimate of drug-likeness (QED) is 0.269. The van der Waals surface area contributed by atoms with Crippen LogP contribution in [0.4, 0.5) is 0 Å². The minimum Gasteiger partial charge on any atom is -0.0683 e. The van der Waals surface area contributed by atoms with Crippen LogP contribution in [-0.4, -0.2) is 0 Å². The van der Waals surface area contributed by atoms with E-state index >= 15 is 0 Å². The topological polar surface area (TPSA) is 0 Å². The number of benzene rings is 3. The Labute approximate surface area is 159 Å². The summed E-state index contributed by atoms with van der Waals surface area (Å²) >= 11 is 0. The Morgan fingerprint density at radius 3 is 0.654 bits per heavy atom. The molecular weight excluding hydrogens is 312 g/mol. The maximum absolute atomic E-state index is 2.30. The van der Waals surface area contributed by atoms with E-state index in [2.05, 4.69) is 72.8 Å². The first kappa shape index (κ1) is 20.0. The summed E-state index contributed by atoms with van der Waals surface area (Å²) in [4.78, 5) is 0. The second kappa shape index (κ2) is 9.38. The van der Waals surface area contributed by atoms with Crippen molar-refractivity contribution in [1.82, 2.24) is 0 Å². The molecule has 3 aromatic rings. The first-order chi connectivity index (χ1) is 12.9. The second-order valence-electron chi connectivity index (χ2n) is 5.75. The molecule has 0 spiro atoms. The first-order valence-corrected chi connectivity index (χ1v) is 10.2. The molecule has 0 atom stereocenters. The summed E-state index contributed by atoms with van der Waals surface area (Å²) in [6.07, 6.45) is 0. The SMILES string of the molecule is CC.CC.CC.c1ccc2c(c1)C1c3ccccc3C2c2ccccc21. The van der Waals surface area contributed by atoms with Crippen molar-refractivity contribution in [3.8, 4) is 0 Å². The number of rotatable bonds is 0. The molecule has 0 heterocycles. The van der Waals surface area contributed by atoms with Gasteiger partial charge in [0.25, 0.3) is 0 Å². The van der Waals surface area contributed by atoms with E-state index in [1.807, 2.05) is 41.5 Å². The highest BCUT2D eigenvalue weighted by Crippen LogP contribution is 2.55. The molecule has 3 aromatic carbocycles. The molecule has 0 fully saturated rings. The van der Waals surface area contributed by atoms with Gasteiger partial charge in [0.15, 0.2) is 0 Å². The van der Waals surface area contributed by atoms with Gasteiger partial charge in [0.05, 0.1) is 0 Å². The summed E-state index contributed by atoms with van der Waals surface area (Å²) in [6.45, 7) is 12.0. The molecule has 26 heavy (non-hydrogen) atoms. The number of hydrogen-bond acceptors (Lipinski definition) is 0. The molecule has 0 radical (unpaired) electrons. The molecule has 0 saturated carbocycles. The van der Waals surface area contributed by atoms with Gasteiger partial charge in [0, 0.05) is 11.8 Å². The predicted octanol–water partition coefficient (Wildman–Crippen LogP) is 7.75. The van der Waals surface area contributed by atoms with Gasteiger partial charge in [-0.25, -0.2) is 0 Å². The van der Waals surface area contributed by atoms with Crippen molar-refractivity contribution in [2.45, 2.75) is 53.4 Å². The van der Waals surface area contributed by atoms with Gasteiger partial charge in [0.2, 0.25) is 0 Å². The van der Waals surface area contributed by atoms with Crippen molar-refractivity contribution in [1.29, 1.82) is 0 Å². The molecule has 3 aliphatic carbocycles. The summed E-state index contributed by atoms with van der Waals surface area (Å²) in [7, 11) is 0. The molecule has 3 aliphatic rings. The molecule has 136 valence electrons. The van der Waals surface area contributed by atoms with Crippen LogP contribution in [0.15, 0.2) is 72.8 Å². The third kappa shape index (κ3) is 3.09. The minimum atomic E-state index is 0.420. The molecular formula is C26H32. The van der Waals surface area contributed by atoms with Gasteiger partial charge >= 0.3 is 0 Å². The Bertz CT molecular complexity index is 647. The molecule has 0 aromatic heterocycles. The Morgan fingerprint density at radius 1 is 0.346 bits per heavy atom. The fourth-order valence-corrected chi connectivity index (χ4v) is 4.12. The van der Waals surface area contributed by atoms with E-state index in [0.717, 1.165) is 0 Å². The molecule has 2 bridgehead atoms. The zero-order valence-electron chi connectivity index (χ0n) is 17.1. The first-order valence-electron chi connectivity index (χ1n) is 10.2. The van der Waals surface area contributed by atoms with E-state index in [4.69, 9.17) is 0 Å². The average molecular weight is 345 g/mol. The summed E-state index contributed by atoms with van der Waals surface area (Å²) in [5.74, 6) is 0.840. The largest absolute Gasteiger partial charge is 0.0683 e. The lowest BCUT2D eigenvalue weighted by Crippen LogP contribution is -2.27. The van der Waals surface area contributed by atoms with Crippen LogP contribution in [0, 0.1) is 0 Å². The second-order valence-corrected chi connectivity index (χ2v) is 5.75. The Hall–Kier alpha value is -2.34. The molecule has 0 amide bonds. The van der Waals surface area contributed by atoms with Crippen LogP contribution in [0.25, 0.3) is 0 Å². The van der Waals surface area contributed by atoms with Crippen LogP contribution in [0.5, 0.6) is 0 Å². The van der Waals surface area contributed by atoms with Crippen molar-refractivity contribution < 1.29 is 0 Å². The van der Waals surface area contributed by atoms with E-state index in [1.165, 1.54) is 33.4 Å². The average Bonchev–Trinajstić information content (AvgIpc) is 2.77. The maximum Gasteiger partial charge on any atom is 0.0349 e. The molecule has 6 rings (SSSR count). The molecule has 0 aliphatic heterocycles. The third-order valence-corrected chi connectivity index (χ3v) is 4.85. The fourth-order valence-electron chi connectivity index (χ4n) is 4.12. The van der Waals surface area contributed by atoms with Gasteiger partial charge in [-0.1, -0.05) is 114 Å². The van der Waals surface area contributed by atoms with E-state index in [9.17, 15) is 0 Å². The van der Waals surface area contributed by atoms with Crippen LogP contribution in [0.1, 0.15) is 86.8 Å². The lowest BCUT2D eigenvalue weighted by atomic mass is 9.61. The van der Waals surface area contributed by atoms with Crippen molar-refractivity contribution in [2.75, 3.05) is 0 Å². The molecule has 0 unspecified atom stereocenters. The molecule has 0 N–H and O–H groups in total. The van der Waals surface area contributed by atoms with Gasteiger partial charge in [-0.05, 0) is 33.4 Å². The van der Waals surface area contributed by atoms with Crippen molar-refractivity contribution in [3.63, 3.8) is 0 Å². The van der Waals surface area contributed by atoms with Crippen molar-refractivity contribution >= 4 is 0 Å². The maximum atomic E-state index is 2.30. The van der Waals surface area contributed by atoms with Crippen LogP contribution in [0.3, 0.4) is 0 Å². The number of hydrogen-bond donors (Lipinski definition) is 0. The van der Waals surface area contributed by atoms with E-state index < -0.39 is 0 Å². The molecule has 0 heteroatoms. The van der Waals surface area contributed by atoms with E-state index in [0.29, 0.717) is 11.8 Å². The highest BCUT2D eigenvalue weighted by atomic mass is 14.4. The molecule has 0 nitrogen and oxygen atoms in total. The summed E-state index contributed by atoms with van der Waals surface area (Å²) < 4.78 is 0. The van der Waals surface area contributed by atoms with Gasteiger partial charge < -0.3 is 0 Å². The van der Waals surface area contributed by atoms with Crippen LogP contribution in [0.2, 0.25) is 0 Å². The Kier molecular flexibility index (Phi) is 7.21. The predicted molar refractivity (Wildman–Crippen MR) is 115 cm³/mol. The van der Waals surface area contributed by atoms with Gasteiger partial charge in [-0.3, -0.25) is 0 Å². The van der Waals surface area contributed by atoms with E-state index in [-0.39, 0.29) is 0 Å². The highest BCUT2D eigenvalue weighted by Gasteiger charge is 2.40. The normalized spacial score (nSPS) is 16.8. The van der Waals surface area contributed by atoms with Gasteiger partial charge in [0.1, 0.15) is 0 Å². The molecule has 0 saturated heterocycles. The lowest BCUT2D eigenvalue weighted by Gasteiger charge is -2.42. The summed E-state index contributed by atoms with van der Waals surface area (Å²) in [6, 6.07) is 26.9. The van der Waals surface area contributed by atoms with Crippen LogP contribution < -0.4 is 0 Å². The minimum absolute atomic E-state index is 0.420. The monoisotopic (exact) mass is 344 g/mol. The standard InChI is InChI=1S/C20H14.3C2H6/c1-2-8-14-13(7-1)19-15-9-3-5-11-17(15)20(14)18-12-6-4-10-16(18)19;3*1-2/h1-12,19-20H;3*1-2H3. The fraction of sp³-hybridized carbons (Fsp3) is 0.308. The Morgan fingerprint density at radius 2 is 0.500 bits per heavy atom. The van der Waals surface area contributed by atoms with Gasteiger partial charge in [-0.2, -0.15) is 0 Å². The van der Waals surface area contributed by atoms with Crippen LogP contribution in [-0.2, 0) is 0 Å². The smallest absolute Gasteiger partial charge is 0.0349 e. The zero-order chi connectivity index (χ0) is 19.1. The van der Waals surface area contributed by atoms with Crippen molar-refractivity contribution in [2.24, 2.45) is 0 Å². The van der Waals surface area contributed by atoms with Gasteiger partial charge in [-0.15, -0.1) is 0 Å². The Balaban J connectivity index is 0.000000371. The van der Waals surface area contributed by atoms with E-state index in [1.54, 1.807) is 0 Å². The van der Waals surface area contributed by atoms with Crippen LogP contribution >= 0.6 is 0 Å². The summed E-state index contributed by atoms with van der Waals surface area (Å²) in [5, 5.41) is 0. The lowest BCUT2D eigenvalue weighted by molar-refractivity contribution is 0.754. The van der Waals surface area contributed by atoms with Crippen molar-refractivity contribution in [3.05, 3.63) is 106 Å². The highest BCUT2D eigenvalue weighted by molar-refractivity contribution is 5.67.